The zero-order chi connectivity index (χ0) is 19.1. The van der Waals surface area contributed by atoms with Gasteiger partial charge in [0.05, 0.1) is 11.7 Å². The first-order valence-corrected chi connectivity index (χ1v) is 9.10. The van der Waals surface area contributed by atoms with Gasteiger partial charge in [0.2, 0.25) is 7.98 Å². The zero-order valence-corrected chi connectivity index (χ0v) is 15.2. The van der Waals surface area contributed by atoms with E-state index in [2.05, 4.69) is 15.3 Å². The Balaban J connectivity index is 1.74. The molecule has 0 amide bonds. The normalized spacial score (nSPS) is 20.1. The molecule has 0 bridgehead atoms. The molecule has 1 aromatic carbocycles. The molecule has 0 spiro atoms. The summed E-state index contributed by atoms with van der Waals surface area (Å²) in [6.45, 7) is 0. The molecule has 0 aliphatic heterocycles. The van der Waals surface area contributed by atoms with Gasteiger partial charge in [-0.05, 0) is 37.8 Å². The lowest BCUT2D eigenvalue weighted by molar-refractivity contribution is 0.407. The van der Waals surface area contributed by atoms with Crippen molar-refractivity contribution >= 4 is 36.3 Å². The summed E-state index contributed by atoms with van der Waals surface area (Å²) in [6, 6.07) is 2.91. The highest BCUT2D eigenvalue weighted by Crippen LogP contribution is 2.33. The van der Waals surface area contributed by atoms with Crippen molar-refractivity contribution in [2.75, 3.05) is 5.32 Å². The van der Waals surface area contributed by atoms with Crippen molar-refractivity contribution in [3.8, 4) is 11.4 Å². The first-order chi connectivity index (χ1) is 12.9. The summed E-state index contributed by atoms with van der Waals surface area (Å²) >= 11 is 5.98. The predicted molar refractivity (Wildman–Crippen MR) is 103 cm³/mol. The molecule has 2 aromatic heterocycles. The number of benzene rings is 1. The molecule has 2 radical (unpaired) electrons. The second-order valence-electron chi connectivity index (χ2n) is 6.89. The number of anilines is 1. The van der Waals surface area contributed by atoms with Gasteiger partial charge in [0.25, 0.3) is 0 Å². The average molecular weight is 388 g/mol. The third-order valence-corrected chi connectivity index (χ3v) is 5.10. The number of halogens is 3. The molecular formula is C18H17BClF2N5. The first kappa shape index (κ1) is 18.2. The van der Waals surface area contributed by atoms with E-state index in [-0.39, 0.29) is 34.3 Å². The van der Waals surface area contributed by atoms with Crippen molar-refractivity contribution in [1.82, 2.24) is 14.4 Å². The molecule has 2 atom stereocenters. The van der Waals surface area contributed by atoms with Crippen molar-refractivity contribution in [2.24, 2.45) is 5.73 Å². The predicted octanol–water partition coefficient (Wildman–Crippen LogP) is 3.64. The van der Waals surface area contributed by atoms with Crippen molar-refractivity contribution in [3.63, 3.8) is 0 Å². The Labute approximate surface area is 161 Å². The minimum atomic E-state index is -0.557. The van der Waals surface area contributed by atoms with Crippen LogP contribution in [0.1, 0.15) is 25.7 Å². The average Bonchev–Trinajstić information content (AvgIpc) is 2.93. The van der Waals surface area contributed by atoms with E-state index < -0.39 is 11.6 Å². The van der Waals surface area contributed by atoms with E-state index in [0.29, 0.717) is 10.9 Å². The highest BCUT2D eigenvalue weighted by molar-refractivity contribution is 6.31. The van der Waals surface area contributed by atoms with Crippen LogP contribution < -0.4 is 11.1 Å². The molecule has 1 saturated carbocycles. The van der Waals surface area contributed by atoms with Crippen LogP contribution in [0.5, 0.6) is 0 Å². The van der Waals surface area contributed by atoms with Gasteiger partial charge >= 0.3 is 0 Å². The monoisotopic (exact) mass is 387 g/mol. The number of aromatic nitrogens is 3. The van der Waals surface area contributed by atoms with Crippen LogP contribution in [0.2, 0.25) is 5.02 Å². The fourth-order valence-electron chi connectivity index (χ4n) is 3.64. The van der Waals surface area contributed by atoms with Crippen LogP contribution in [-0.4, -0.2) is 34.5 Å². The molecule has 1 aliphatic carbocycles. The summed E-state index contributed by atoms with van der Waals surface area (Å²) < 4.78 is 29.6. The van der Waals surface area contributed by atoms with E-state index >= 15 is 0 Å². The molecule has 0 saturated heterocycles. The summed E-state index contributed by atoms with van der Waals surface area (Å²) in [5.41, 5.74) is 6.65. The number of nitrogens with two attached hydrogens (primary N) is 1. The van der Waals surface area contributed by atoms with Gasteiger partial charge in [-0.1, -0.05) is 11.6 Å². The molecule has 3 N–H and O–H groups in total. The quantitative estimate of drug-likeness (QED) is 0.673. The van der Waals surface area contributed by atoms with Crippen LogP contribution in [0.15, 0.2) is 24.5 Å². The highest BCUT2D eigenvalue weighted by atomic mass is 35.5. The van der Waals surface area contributed by atoms with E-state index in [4.69, 9.17) is 25.3 Å². The van der Waals surface area contributed by atoms with Crippen molar-refractivity contribution in [2.45, 2.75) is 37.8 Å². The van der Waals surface area contributed by atoms with Crippen LogP contribution >= 0.6 is 11.6 Å². The van der Waals surface area contributed by atoms with Crippen LogP contribution in [0.25, 0.3) is 22.3 Å². The second-order valence-corrected chi connectivity index (χ2v) is 7.33. The zero-order valence-electron chi connectivity index (χ0n) is 14.4. The Morgan fingerprint density at radius 1 is 1.26 bits per heavy atom. The number of hydrogen-bond donors (Lipinski definition) is 2. The molecular weight excluding hydrogens is 370 g/mol. The summed E-state index contributed by atoms with van der Waals surface area (Å²) in [4.78, 5) is 8.37. The molecule has 9 heteroatoms. The number of nitrogens with one attached hydrogen (secondary N) is 1. The standard InChI is InChI=1S/C18H17BClF2N5/c19-27-8-13(12-4-9(20)5-14(21)16(12)27)17-24-7-15(22)18(26-17)25-11-3-1-2-10(23)6-11/h4-5,7-8,10-11H,1-3,6,23H2,(H,24,25,26)/t10?,11-/m0/s1. The topological polar surface area (TPSA) is 68.8 Å². The van der Waals surface area contributed by atoms with Crippen molar-refractivity contribution < 1.29 is 8.78 Å². The third-order valence-electron chi connectivity index (χ3n) is 4.89. The number of hydrogen-bond acceptors (Lipinski definition) is 4. The molecule has 1 aliphatic rings. The molecule has 2 heterocycles. The van der Waals surface area contributed by atoms with Crippen LogP contribution in [0.3, 0.4) is 0 Å². The molecule has 5 nitrogen and oxygen atoms in total. The molecule has 1 unspecified atom stereocenters. The Hall–Kier alpha value is -2.19. The fraction of sp³-hybridized carbons (Fsp3) is 0.333. The first-order valence-electron chi connectivity index (χ1n) is 8.72. The Bertz CT molecular complexity index is 1010. The Morgan fingerprint density at radius 3 is 2.85 bits per heavy atom. The number of fused-ring (bicyclic) bond motifs is 1. The van der Waals surface area contributed by atoms with Crippen molar-refractivity contribution in [1.29, 1.82) is 0 Å². The number of nitrogens with zero attached hydrogens (tertiary/aromatic N) is 3. The molecule has 27 heavy (non-hydrogen) atoms. The van der Waals surface area contributed by atoms with Gasteiger partial charge in [-0.3, -0.25) is 0 Å². The lowest BCUT2D eigenvalue weighted by Gasteiger charge is -2.27. The van der Waals surface area contributed by atoms with Gasteiger partial charge < -0.3 is 15.5 Å². The van der Waals surface area contributed by atoms with E-state index in [1.165, 1.54) is 12.3 Å². The minimum absolute atomic E-state index is 0.0498. The summed E-state index contributed by atoms with van der Waals surface area (Å²) in [5.74, 6) is -0.782. The van der Waals surface area contributed by atoms with E-state index in [0.717, 1.165) is 36.4 Å². The lowest BCUT2D eigenvalue weighted by atomic mass is 9.92. The highest BCUT2D eigenvalue weighted by Gasteiger charge is 2.22. The maximum absolute atomic E-state index is 14.3. The summed E-state index contributed by atoms with van der Waals surface area (Å²) in [5, 5.41) is 3.81. The Kier molecular flexibility index (Phi) is 4.78. The largest absolute Gasteiger partial charge is 0.400 e. The van der Waals surface area contributed by atoms with Gasteiger partial charge in [0.1, 0.15) is 5.82 Å². The summed E-state index contributed by atoms with van der Waals surface area (Å²) in [7, 11) is 5.87. The Morgan fingerprint density at radius 2 is 2.07 bits per heavy atom. The van der Waals surface area contributed by atoms with E-state index in [1.807, 2.05) is 0 Å². The van der Waals surface area contributed by atoms with Crippen LogP contribution in [0.4, 0.5) is 14.6 Å². The van der Waals surface area contributed by atoms with Gasteiger partial charge in [-0.2, -0.15) is 0 Å². The van der Waals surface area contributed by atoms with Gasteiger partial charge in [0, 0.05) is 34.3 Å². The van der Waals surface area contributed by atoms with Gasteiger partial charge in [-0.25, -0.2) is 18.7 Å². The minimum Gasteiger partial charge on any atom is -0.400 e. The lowest BCUT2D eigenvalue weighted by Crippen LogP contribution is -2.35. The van der Waals surface area contributed by atoms with E-state index in [9.17, 15) is 8.78 Å². The van der Waals surface area contributed by atoms with Crippen molar-refractivity contribution in [3.05, 3.63) is 41.2 Å². The second kappa shape index (κ2) is 7.09. The number of rotatable bonds is 3. The molecule has 4 rings (SSSR count). The van der Waals surface area contributed by atoms with Gasteiger partial charge in [0.15, 0.2) is 17.5 Å². The van der Waals surface area contributed by atoms with Gasteiger partial charge in [-0.15, -0.1) is 0 Å². The van der Waals surface area contributed by atoms with Crippen LogP contribution in [-0.2, 0) is 0 Å². The maximum atomic E-state index is 14.3. The van der Waals surface area contributed by atoms with E-state index in [1.54, 1.807) is 6.07 Å². The van der Waals surface area contributed by atoms with Crippen LogP contribution in [0, 0.1) is 11.6 Å². The molecule has 3 aromatic rings. The molecule has 1 fully saturated rings. The molecule has 138 valence electrons. The fourth-order valence-corrected chi connectivity index (χ4v) is 3.84. The third kappa shape index (κ3) is 3.51. The summed E-state index contributed by atoms with van der Waals surface area (Å²) in [6.07, 6.45) is 6.19. The smallest absolute Gasteiger partial charge is 0.234 e. The maximum Gasteiger partial charge on any atom is 0.234 e. The SMILES string of the molecule is [B]n1cc(-c2ncc(F)c(N[C@H]3CCCC(N)C3)n2)c2cc(Cl)cc(F)c21.